The molecule has 0 saturated carbocycles. The third kappa shape index (κ3) is 2.08. The van der Waals surface area contributed by atoms with Gasteiger partial charge in [0, 0.05) is 0 Å². The number of alkyl halides is 3. The lowest BCUT2D eigenvalue weighted by Crippen LogP contribution is -2.15. The summed E-state index contributed by atoms with van der Waals surface area (Å²) >= 11 is 5.28. The molecule has 0 aliphatic heterocycles. The SMILES string of the molecule is NNc1cc(Cl)c(F)cc1C(F)(F)F. The van der Waals surface area contributed by atoms with Crippen molar-refractivity contribution in [3.05, 3.63) is 28.5 Å². The van der Waals surface area contributed by atoms with E-state index in [9.17, 15) is 17.6 Å². The summed E-state index contributed by atoms with van der Waals surface area (Å²) in [7, 11) is 0. The summed E-state index contributed by atoms with van der Waals surface area (Å²) in [6.45, 7) is 0. The van der Waals surface area contributed by atoms with Crippen molar-refractivity contribution in [1.82, 2.24) is 0 Å². The molecule has 2 nitrogen and oxygen atoms in total. The summed E-state index contributed by atoms with van der Waals surface area (Å²) in [6.07, 6.45) is -4.67. The summed E-state index contributed by atoms with van der Waals surface area (Å²) in [5, 5.41) is -0.425. The Hall–Kier alpha value is -1.01. The van der Waals surface area contributed by atoms with Crippen LogP contribution >= 0.6 is 11.6 Å². The van der Waals surface area contributed by atoms with Crippen LogP contribution in [-0.4, -0.2) is 0 Å². The molecule has 1 aromatic rings. The Morgan fingerprint density at radius 3 is 2.29 bits per heavy atom. The number of hydrazine groups is 1. The summed E-state index contributed by atoms with van der Waals surface area (Å²) in [5.41, 5.74) is 0.138. The molecule has 14 heavy (non-hydrogen) atoms. The van der Waals surface area contributed by atoms with Gasteiger partial charge < -0.3 is 5.43 Å². The van der Waals surface area contributed by atoms with E-state index >= 15 is 0 Å². The number of nitrogen functional groups attached to an aromatic ring is 1. The van der Waals surface area contributed by atoms with E-state index in [1.807, 2.05) is 0 Å². The van der Waals surface area contributed by atoms with Crippen LogP contribution < -0.4 is 11.3 Å². The molecular weight excluding hydrogens is 224 g/mol. The molecule has 78 valence electrons. The second-order valence-electron chi connectivity index (χ2n) is 2.45. The Morgan fingerprint density at radius 1 is 1.29 bits per heavy atom. The topological polar surface area (TPSA) is 38.0 Å². The van der Waals surface area contributed by atoms with Gasteiger partial charge in [-0.3, -0.25) is 5.84 Å². The Bertz CT molecular complexity index is 350. The fourth-order valence-electron chi connectivity index (χ4n) is 0.901. The highest BCUT2D eigenvalue weighted by atomic mass is 35.5. The molecule has 0 heterocycles. The average Bonchev–Trinajstić information content (AvgIpc) is 2.07. The maximum absolute atomic E-state index is 12.7. The first-order valence-corrected chi connectivity index (χ1v) is 3.77. The normalized spacial score (nSPS) is 11.6. The smallest absolute Gasteiger partial charge is 0.323 e. The number of benzene rings is 1. The van der Waals surface area contributed by atoms with E-state index in [0.717, 1.165) is 6.07 Å². The predicted octanol–water partition coefficient (Wildman–Crippen LogP) is 2.78. The van der Waals surface area contributed by atoms with Crippen LogP contribution in [0.2, 0.25) is 5.02 Å². The first kappa shape index (κ1) is 11.1. The number of nitrogens with two attached hydrogens (primary N) is 1. The first-order chi connectivity index (χ1) is 6.36. The van der Waals surface area contributed by atoms with Gasteiger partial charge in [0.05, 0.1) is 16.3 Å². The molecule has 0 aliphatic rings. The molecule has 0 amide bonds. The van der Waals surface area contributed by atoms with Gasteiger partial charge in [0.1, 0.15) is 5.82 Å². The van der Waals surface area contributed by atoms with E-state index in [4.69, 9.17) is 17.4 Å². The van der Waals surface area contributed by atoms with Gasteiger partial charge in [0.25, 0.3) is 0 Å². The van der Waals surface area contributed by atoms with Crippen molar-refractivity contribution in [3.8, 4) is 0 Å². The van der Waals surface area contributed by atoms with E-state index in [2.05, 4.69) is 0 Å². The van der Waals surface area contributed by atoms with Crippen LogP contribution in [0.25, 0.3) is 0 Å². The third-order valence-electron chi connectivity index (χ3n) is 1.52. The van der Waals surface area contributed by atoms with Crippen molar-refractivity contribution in [2.45, 2.75) is 6.18 Å². The van der Waals surface area contributed by atoms with Gasteiger partial charge in [-0.05, 0) is 12.1 Å². The van der Waals surface area contributed by atoms with E-state index in [-0.39, 0.29) is 6.07 Å². The van der Waals surface area contributed by atoms with Crippen LogP contribution in [0.4, 0.5) is 23.2 Å². The Morgan fingerprint density at radius 2 is 1.86 bits per heavy atom. The molecule has 0 aromatic heterocycles. The van der Waals surface area contributed by atoms with Crippen LogP contribution in [0.3, 0.4) is 0 Å². The van der Waals surface area contributed by atoms with Crippen LogP contribution in [0, 0.1) is 5.82 Å². The average molecular weight is 229 g/mol. The van der Waals surface area contributed by atoms with E-state index < -0.39 is 28.3 Å². The lowest BCUT2D eigenvalue weighted by atomic mass is 10.1. The molecule has 7 heteroatoms. The molecule has 0 radical (unpaired) electrons. The zero-order valence-electron chi connectivity index (χ0n) is 6.62. The standard InChI is InChI=1S/C7H5ClF4N2/c8-4-2-6(14-13)3(1-5(4)9)7(10,11)12/h1-2,14H,13H2. The lowest BCUT2D eigenvalue weighted by Gasteiger charge is -2.12. The number of nitrogens with one attached hydrogen (secondary N) is 1. The van der Waals surface area contributed by atoms with Crippen LogP contribution in [0.15, 0.2) is 12.1 Å². The van der Waals surface area contributed by atoms with E-state index in [1.165, 1.54) is 0 Å². The molecule has 0 fully saturated rings. The number of halogens is 5. The molecule has 0 spiro atoms. The zero-order chi connectivity index (χ0) is 10.9. The van der Waals surface area contributed by atoms with Crippen molar-refractivity contribution < 1.29 is 17.6 Å². The third-order valence-corrected chi connectivity index (χ3v) is 1.81. The molecule has 1 aromatic carbocycles. The minimum Gasteiger partial charge on any atom is -0.323 e. The molecule has 1 rings (SSSR count). The van der Waals surface area contributed by atoms with Gasteiger partial charge in [-0.25, -0.2) is 4.39 Å². The second-order valence-corrected chi connectivity index (χ2v) is 2.86. The maximum Gasteiger partial charge on any atom is 0.418 e. The van der Waals surface area contributed by atoms with E-state index in [0.29, 0.717) is 0 Å². The fraction of sp³-hybridized carbons (Fsp3) is 0.143. The summed E-state index contributed by atoms with van der Waals surface area (Å²) in [5.74, 6) is 3.69. The summed E-state index contributed by atoms with van der Waals surface area (Å²) in [6, 6.07) is 1.07. The van der Waals surface area contributed by atoms with Gasteiger partial charge in [0.15, 0.2) is 0 Å². The molecule has 0 unspecified atom stereocenters. The highest BCUT2D eigenvalue weighted by molar-refractivity contribution is 6.31. The Kier molecular flexibility index (Phi) is 2.86. The minimum absolute atomic E-state index is 0.289. The van der Waals surface area contributed by atoms with Crippen molar-refractivity contribution in [3.63, 3.8) is 0 Å². The van der Waals surface area contributed by atoms with Crippen molar-refractivity contribution in [1.29, 1.82) is 0 Å². The van der Waals surface area contributed by atoms with Gasteiger partial charge >= 0.3 is 6.18 Å². The lowest BCUT2D eigenvalue weighted by molar-refractivity contribution is -0.137. The number of rotatable bonds is 1. The van der Waals surface area contributed by atoms with Crippen LogP contribution in [0.5, 0.6) is 0 Å². The van der Waals surface area contributed by atoms with Crippen molar-refractivity contribution >= 4 is 17.3 Å². The number of hydrogen-bond donors (Lipinski definition) is 2. The quantitative estimate of drug-likeness (QED) is 0.441. The highest BCUT2D eigenvalue weighted by Crippen LogP contribution is 2.36. The van der Waals surface area contributed by atoms with Gasteiger partial charge in [-0.2, -0.15) is 13.2 Å². The Balaban J connectivity index is 3.35. The summed E-state index contributed by atoms with van der Waals surface area (Å²) < 4.78 is 49.5. The minimum atomic E-state index is -4.67. The zero-order valence-corrected chi connectivity index (χ0v) is 7.38. The molecule has 0 atom stereocenters. The second kappa shape index (κ2) is 3.62. The number of anilines is 1. The van der Waals surface area contributed by atoms with Gasteiger partial charge in [-0.1, -0.05) is 11.6 Å². The molecular formula is C7H5ClF4N2. The van der Waals surface area contributed by atoms with Crippen molar-refractivity contribution in [2.75, 3.05) is 5.43 Å². The highest BCUT2D eigenvalue weighted by Gasteiger charge is 2.34. The van der Waals surface area contributed by atoms with Crippen LogP contribution in [0.1, 0.15) is 5.56 Å². The molecule has 0 saturated heterocycles. The van der Waals surface area contributed by atoms with Crippen molar-refractivity contribution in [2.24, 2.45) is 5.84 Å². The summed E-state index contributed by atoms with van der Waals surface area (Å²) in [4.78, 5) is 0. The van der Waals surface area contributed by atoms with E-state index in [1.54, 1.807) is 5.43 Å². The molecule has 0 bridgehead atoms. The predicted molar refractivity (Wildman–Crippen MR) is 44.2 cm³/mol. The Labute approximate surface area is 81.6 Å². The molecule has 3 N–H and O–H groups in total. The largest absolute Gasteiger partial charge is 0.418 e. The fourth-order valence-corrected chi connectivity index (χ4v) is 1.06. The maximum atomic E-state index is 12.7. The monoisotopic (exact) mass is 228 g/mol. The van der Waals surface area contributed by atoms with Gasteiger partial charge in [-0.15, -0.1) is 0 Å². The first-order valence-electron chi connectivity index (χ1n) is 3.39. The molecule has 0 aliphatic carbocycles. The van der Waals surface area contributed by atoms with Crippen LogP contribution in [-0.2, 0) is 6.18 Å². The van der Waals surface area contributed by atoms with Gasteiger partial charge in [0.2, 0.25) is 0 Å². The number of hydrogen-bond acceptors (Lipinski definition) is 2.